The maximum atomic E-state index is 11.9. The minimum absolute atomic E-state index is 0.0115. The second-order valence-corrected chi connectivity index (χ2v) is 5.05. The van der Waals surface area contributed by atoms with Crippen molar-refractivity contribution in [1.82, 2.24) is 10.6 Å². The van der Waals surface area contributed by atoms with Crippen LogP contribution in [0, 0.1) is 5.92 Å². The third-order valence-corrected chi connectivity index (χ3v) is 4.00. The number of carbonyl (C=O) groups is 2. The maximum Gasteiger partial charge on any atom is 0.315 e. The normalized spacial score (nSPS) is 12.8. The van der Waals surface area contributed by atoms with Crippen LogP contribution in [0.25, 0.3) is 0 Å². The Balaban J connectivity index is 4.26. The molecule has 1 unspecified atom stereocenters. The number of carboxylic acid groups (broad SMARTS) is 1. The molecule has 0 saturated heterocycles. The number of rotatable bonds is 9. The van der Waals surface area contributed by atoms with Crippen molar-refractivity contribution in [1.29, 1.82) is 0 Å². The van der Waals surface area contributed by atoms with Crippen LogP contribution in [0.1, 0.15) is 59.8 Å². The van der Waals surface area contributed by atoms with Gasteiger partial charge < -0.3 is 15.7 Å². The highest BCUT2D eigenvalue weighted by Gasteiger charge is 2.25. The molecule has 0 aliphatic rings. The summed E-state index contributed by atoms with van der Waals surface area (Å²) >= 11 is 0. The average molecular weight is 272 g/mol. The van der Waals surface area contributed by atoms with Gasteiger partial charge in [0, 0.05) is 18.5 Å². The molecule has 0 bridgehead atoms. The molecule has 2 amide bonds. The van der Waals surface area contributed by atoms with Crippen molar-refractivity contribution in [2.24, 2.45) is 5.92 Å². The summed E-state index contributed by atoms with van der Waals surface area (Å²) in [5.41, 5.74) is -0.154. The molecule has 0 aliphatic carbocycles. The summed E-state index contributed by atoms with van der Waals surface area (Å²) in [5.74, 6) is -0.832. The molecule has 112 valence electrons. The Hall–Kier alpha value is -1.26. The lowest BCUT2D eigenvalue weighted by Gasteiger charge is -2.32. The summed E-state index contributed by atoms with van der Waals surface area (Å²) in [4.78, 5) is 22.5. The standard InChI is InChI=1S/C14H28N2O3/c1-5-11(9-12(17)18)10-15-13(19)16-14(6-2,7-3)8-4/h11H,5-10H2,1-4H3,(H,17,18)(H2,15,16,19). The zero-order chi connectivity index (χ0) is 14.9. The first-order chi connectivity index (χ1) is 8.92. The van der Waals surface area contributed by atoms with Crippen molar-refractivity contribution in [2.75, 3.05) is 6.54 Å². The second kappa shape index (κ2) is 8.77. The monoisotopic (exact) mass is 272 g/mol. The molecule has 0 aromatic rings. The van der Waals surface area contributed by atoms with Crippen LogP contribution in [-0.2, 0) is 4.79 Å². The molecule has 0 spiro atoms. The first-order valence-electron chi connectivity index (χ1n) is 7.20. The second-order valence-electron chi connectivity index (χ2n) is 5.05. The Bertz CT molecular complexity index is 280. The fourth-order valence-corrected chi connectivity index (χ4v) is 2.15. The largest absolute Gasteiger partial charge is 0.481 e. The van der Waals surface area contributed by atoms with Crippen molar-refractivity contribution in [2.45, 2.75) is 65.3 Å². The quantitative estimate of drug-likeness (QED) is 0.604. The minimum atomic E-state index is -0.820. The summed E-state index contributed by atoms with van der Waals surface area (Å²) in [7, 11) is 0. The Kier molecular flexibility index (Phi) is 8.19. The van der Waals surface area contributed by atoms with Crippen LogP contribution in [0.2, 0.25) is 0 Å². The molecule has 0 aromatic carbocycles. The Morgan fingerprint density at radius 1 is 1.11 bits per heavy atom. The molecule has 3 N–H and O–H groups in total. The van der Waals surface area contributed by atoms with E-state index in [2.05, 4.69) is 31.4 Å². The number of aliphatic carboxylic acids is 1. The third-order valence-electron chi connectivity index (χ3n) is 4.00. The van der Waals surface area contributed by atoms with Gasteiger partial charge in [-0.1, -0.05) is 34.1 Å². The van der Waals surface area contributed by atoms with Gasteiger partial charge in [-0.2, -0.15) is 0 Å². The summed E-state index contributed by atoms with van der Waals surface area (Å²) in [6, 6.07) is -0.200. The number of nitrogens with one attached hydrogen (secondary N) is 2. The van der Waals surface area contributed by atoms with Crippen LogP contribution in [0.3, 0.4) is 0 Å². The first kappa shape index (κ1) is 17.7. The van der Waals surface area contributed by atoms with Crippen LogP contribution >= 0.6 is 0 Å². The SMILES string of the molecule is CCC(CNC(=O)NC(CC)(CC)CC)CC(=O)O. The highest BCUT2D eigenvalue weighted by Crippen LogP contribution is 2.18. The summed E-state index contributed by atoms with van der Waals surface area (Å²) in [6.45, 7) is 8.52. The molecule has 0 aliphatic heterocycles. The maximum absolute atomic E-state index is 11.9. The fourth-order valence-electron chi connectivity index (χ4n) is 2.15. The predicted molar refractivity (Wildman–Crippen MR) is 76.2 cm³/mol. The summed E-state index contributed by atoms with van der Waals surface area (Å²) < 4.78 is 0. The van der Waals surface area contributed by atoms with Crippen molar-refractivity contribution < 1.29 is 14.7 Å². The van der Waals surface area contributed by atoms with Crippen LogP contribution in [0.5, 0.6) is 0 Å². The smallest absolute Gasteiger partial charge is 0.315 e. The number of carboxylic acids is 1. The molecule has 0 saturated carbocycles. The first-order valence-corrected chi connectivity index (χ1v) is 7.20. The van der Waals surface area contributed by atoms with E-state index < -0.39 is 5.97 Å². The summed E-state index contributed by atoms with van der Waals surface area (Å²) in [5, 5.41) is 14.6. The van der Waals surface area contributed by atoms with Crippen LogP contribution < -0.4 is 10.6 Å². The zero-order valence-electron chi connectivity index (χ0n) is 12.6. The van der Waals surface area contributed by atoms with Crippen molar-refractivity contribution in [3.05, 3.63) is 0 Å². The van der Waals surface area contributed by atoms with Gasteiger partial charge in [0.05, 0.1) is 0 Å². The highest BCUT2D eigenvalue weighted by molar-refractivity contribution is 5.75. The number of urea groups is 1. The molecule has 1 atom stereocenters. The molecule has 19 heavy (non-hydrogen) atoms. The number of hydrogen-bond acceptors (Lipinski definition) is 2. The van der Waals surface area contributed by atoms with E-state index in [9.17, 15) is 9.59 Å². The molecule has 0 aromatic heterocycles. The molecule has 0 heterocycles. The molecule has 0 rings (SSSR count). The van der Waals surface area contributed by atoms with E-state index >= 15 is 0 Å². The van der Waals surface area contributed by atoms with Gasteiger partial charge in [0.25, 0.3) is 0 Å². The molecule has 5 heteroatoms. The number of hydrogen-bond donors (Lipinski definition) is 3. The lowest BCUT2D eigenvalue weighted by atomic mass is 9.90. The summed E-state index contributed by atoms with van der Waals surface area (Å²) in [6.07, 6.45) is 3.50. The van der Waals surface area contributed by atoms with Gasteiger partial charge in [-0.15, -0.1) is 0 Å². The van der Waals surface area contributed by atoms with Crippen LogP contribution in [0.15, 0.2) is 0 Å². The van der Waals surface area contributed by atoms with E-state index in [1.165, 1.54) is 0 Å². The van der Waals surface area contributed by atoms with Crippen molar-refractivity contribution in [3.63, 3.8) is 0 Å². The number of carbonyl (C=O) groups excluding carboxylic acids is 1. The predicted octanol–water partition coefficient (Wildman–Crippen LogP) is 2.76. The van der Waals surface area contributed by atoms with Gasteiger partial charge >= 0.3 is 12.0 Å². The molecule has 0 fully saturated rings. The van der Waals surface area contributed by atoms with Gasteiger partial charge in [-0.05, 0) is 25.2 Å². The van der Waals surface area contributed by atoms with Gasteiger partial charge in [-0.25, -0.2) is 4.79 Å². The van der Waals surface area contributed by atoms with E-state index in [4.69, 9.17) is 5.11 Å². The topological polar surface area (TPSA) is 78.4 Å². The van der Waals surface area contributed by atoms with E-state index in [0.29, 0.717) is 6.54 Å². The molecular formula is C14H28N2O3. The van der Waals surface area contributed by atoms with E-state index in [1.54, 1.807) is 0 Å². The lowest BCUT2D eigenvalue weighted by Crippen LogP contribution is -2.51. The van der Waals surface area contributed by atoms with Crippen molar-refractivity contribution in [3.8, 4) is 0 Å². The zero-order valence-corrected chi connectivity index (χ0v) is 12.6. The van der Waals surface area contributed by atoms with Gasteiger partial charge in [0.1, 0.15) is 0 Å². The van der Waals surface area contributed by atoms with Crippen molar-refractivity contribution >= 4 is 12.0 Å². The molecule has 5 nitrogen and oxygen atoms in total. The Morgan fingerprint density at radius 2 is 1.63 bits per heavy atom. The minimum Gasteiger partial charge on any atom is -0.481 e. The van der Waals surface area contributed by atoms with Gasteiger partial charge in [0.15, 0.2) is 0 Å². The van der Waals surface area contributed by atoms with E-state index in [1.807, 2.05) is 6.92 Å². The van der Waals surface area contributed by atoms with Crippen LogP contribution in [-0.4, -0.2) is 29.2 Å². The molecular weight excluding hydrogens is 244 g/mol. The highest BCUT2D eigenvalue weighted by atomic mass is 16.4. The van der Waals surface area contributed by atoms with E-state index in [-0.39, 0.29) is 23.9 Å². The van der Waals surface area contributed by atoms with Gasteiger partial charge in [-0.3, -0.25) is 4.79 Å². The lowest BCUT2D eigenvalue weighted by molar-refractivity contribution is -0.138. The third kappa shape index (κ3) is 6.45. The fraction of sp³-hybridized carbons (Fsp3) is 0.857. The number of amides is 2. The van der Waals surface area contributed by atoms with Gasteiger partial charge in [0.2, 0.25) is 0 Å². The Morgan fingerprint density at radius 3 is 2.00 bits per heavy atom. The van der Waals surface area contributed by atoms with E-state index in [0.717, 1.165) is 25.7 Å². The average Bonchev–Trinajstić information content (AvgIpc) is 2.40. The Labute approximate surface area is 116 Å². The van der Waals surface area contributed by atoms with Crippen LogP contribution in [0.4, 0.5) is 4.79 Å². The molecule has 0 radical (unpaired) electrons.